The largest absolute Gasteiger partial charge is 0.394 e. The van der Waals surface area contributed by atoms with Crippen LogP contribution in [0.25, 0.3) is 0 Å². The minimum atomic E-state index is -1.10. The van der Waals surface area contributed by atoms with Gasteiger partial charge in [0.05, 0.1) is 30.1 Å². The number of aliphatic hydroxyl groups excluding tert-OH is 1. The van der Waals surface area contributed by atoms with Crippen molar-refractivity contribution in [3.8, 4) is 0 Å². The van der Waals surface area contributed by atoms with E-state index in [1.54, 1.807) is 7.05 Å². The van der Waals surface area contributed by atoms with Gasteiger partial charge in [0.25, 0.3) is 0 Å². The molecule has 1 aromatic carbocycles. The van der Waals surface area contributed by atoms with E-state index in [2.05, 4.69) is 10.6 Å². The van der Waals surface area contributed by atoms with Gasteiger partial charge >= 0.3 is 0 Å². The molecule has 2 bridgehead atoms. The molecule has 1 aromatic rings. The Kier molecular flexibility index (Phi) is 6.27. The Bertz CT molecular complexity index is 1010. The highest BCUT2D eigenvalue weighted by Crippen LogP contribution is 2.63. The summed E-state index contributed by atoms with van der Waals surface area (Å²) in [6.07, 6.45) is 1.64. The smallest absolute Gasteiger partial charge is 0.250 e. The van der Waals surface area contributed by atoms with Gasteiger partial charge in [0.15, 0.2) is 0 Å². The van der Waals surface area contributed by atoms with Crippen LogP contribution in [0, 0.1) is 31.6 Å². The summed E-state index contributed by atoms with van der Waals surface area (Å²) >= 11 is 0. The lowest BCUT2D eigenvalue weighted by Crippen LogP contribution is -2.56. The van der Waals surface area contributed by atoms with Gasteiger partial charge in [0.1, 0.15) is 11.6 Å². The normalized spacial score (nSPS) is 32.8. The van der Waals surface area contributed by atoms with Gasteiger partial charge in [0.2, 0.25) is 17.7 Å². The Morgan fingerprint density at radius 1 is 1.24 bits per heavy atom. The third-order valence-corrected chi connectivity index (χ3v) is 7.99. The van der Waals surface area contributed by atoms with Crippen molar-refractivity contribution in [2.24, 2.45) is 17.8 Å². The van der Waals surface area contributed by atoms with Crippen molar-refractivity contribution in [1.82, 2.24) is 10.2 Å². The number of anilines is 1. The highest BCUT2D eigenvalue weighted by Gasteiger charge is 2.78. The lowest BCUT2D eigenvalue weighted by Gasteiger charge is -2.37. The summed E-state index contributed by atoms with van der Waals surface area (Å²) in [7, 11) is 1.56. The molecule has 0 aromatic heterocycles. The zero-order chi connectivity index (χ0) is 25.0. The number of aryl methyl sites for hydroxylation is 2. The minimum Gasteiger partial charge on any atom is -0.394 e. The van der Waals surface area contributed by atoms with Crippen molar-refractivity contribution in [2.45, 2.75) is 77.2 Å². The second-order valence-electron chi connectivity index (χ2n) is 10.9. The van der Waals surface area contributed by atoms with Crippen molar-refractivity contribution in [2.75, 3.05) is 19.0 Å². The lowest BCUT2D eigenvalue weighted by atomic mass is 9.66. The summed E-state index contributed by atoms with van der Waals surface area (Å²) in [6, 6.07) is 4.36. The topological polar surface area (TPSA) is 108 Å². The summed E-state index contributed by atoms with van der Waals surface area (Å²) < 4.78 is 6.57. The van der Waals surface area contributed by atoms with Crippen molar-refractivity contribution in [3.05, 3.63) is 29.3 Å². The Labute approximate surface area is 201 Å². The Morgan fingerprint density at radius 2 is 1.94 bits per heavy atom. The monoisotopic (exact) mass is 471 g/mol. The highest BCUT2D eigenvalue weighted by molar-refractivity contribution is 6.04. The van der Waals surface area contributed by atoms with Crippen molar-refractivity contribution in [3.63, 3.8) is 0 Å². The number of amides is 3. The molecule has 8 nitrogen and oxygen atoms in total. The van der Waals surface area contributed by atoms with Crippen LogP contribution in [-0.2, 0) is 19.1 Å². The third-order valence-electron chi connectivity index (χ3n) is 7.99. The lowest BCUT2D eigenvalue weighted by molar-refractivity contribution is -0.148. The summed E-state index contributed by atoms with van der Waals surface area (Å²) in [5.74, 6) is -2.11. The number of likely N-dealkylation sites (tertiary alicyclic amines) is 1. The fourth-order valence-electron chi connectivity index (χ4n) is 6.50. The van der Waals surface area contributed by atoms with Gasteiger partial charge in [-0.1, -0.05) is 26.0 Å². The molecule has 1 spiro atoms. The number of nitrogens with one attached hydrogen (secondary N) is 2. The first-order valence-corrected chi connectivity index (χ1v) is 12.2. The van der Waals surface area contributed by atoms with E-state index in [0.29, 0.717) is 24.9 Å². The average Bonchev–Trinajstić information content (AvgIpc) is 3.34. The van der Waals surface area contributed by atoms with E-state index in [9.17, 15) is 19.5 Å². The van der Waals surface area contributed by atoms with Crippen LogP contribution >= 0.6 is 0 Å². The zero-order valence-electron chi connectivity index (χ0n) is 21.0. The number of nitrogens with zero attached hydrogens (tertiary/aromatic N) is 1. The molecule has 0 radical (unpaired) electrons. The van der Waals surface area contributed by atoms with Crippen LogP contribution in [-0.4, -0.2) is 64.7 Å². The molecule has 0 saturated carbocycles. The number of hydrogen-bond donors (Lipinski definition) is 3. The van der Waals surface area contributed by atoms with E-state index >= 15 is 0 Å². The number of benzene rings is 1. The Morgan fingerprint density at radius 3 is 2.56 bits per heavy atom. The molecular formula is C26H37N3O5. The van der Waals surface area contributed by atoms with E-state index in [-0.39, 0.29) is 30.2 Å². The first-order valence-electron chi connectivity index (χ1n) is 12.2. The van der Waals surface area contributed by atoms with Gasteiger partial charge in [-0.15, -0.1) is 0 Å². The van der Waals surface area contributed by atoms with Crippen LogP contribution in [0.3, 0.4) is 0 Å². The highest BCUT2D eigenvalue weighted by atomic mass is 16.5. The second-order valence-corrected chi connectivity index (χ2v) is 10.9. The van der Waals surface area contributed by atoms with Crippen molar-refractivity contribution < 1.29 is 24.2 Å². The van der Waals surface area contributed by atoms with Crippen molar-refractivity contribution in [1.29, 1.82) is 0 Å². The molecule has 3 saturated heterocycles. The maximum absolute atomic E-state index is 14.0. The molecule has 34 heavy (non-hydrogen) atoms. The SMILES string of the molecule is CNC(=O)[C@@H]1[C@H]2C(=O)N([C@@H](CO)CC(C)C)C(C(=O)Nc3cc(C)ccc3C)C23CC[C@@]1(C)O3. The molecule has 0 aliphatic carbocycles. The average molecular weight is 472 g/mol. The van der Waals surface area contributed by atoms with Crippen LogP contribution in [0.15, 0.2) is 18.2 Å². The number of rotatable bonds is 7. The fraction of sp³-hybridized carbons (Fsp3) is 0.654. The first kappa shape index (κ1) is 24.7. The third kappa shape index (κ3) is 3.62. The molecule has 8 heteroatoms. The standard InChI is InChI=1S/C26H37N3O5/c1-14(2)11-17(13-30)29-21(23(32)28-18-12-15(3)7-8-16(18)4)26-10-9-25(5,34-26)19(22(31)27-6)20(26)24(29)33/h7-8,12,14,17,19-21,30H,9-11,13H2,1-6H3,(H,27,31)(H,28,32)/t17-,19+,20+,21?,25-,26?/m1/s1. The molecule has 3 fully saturated rings. The molecule has 2 unspecified atom stereocenters. The van der Waals surface area contributed by atoms with Gasteiger partial charge in [-0.05, 0) is 63.1 Å². The van der Waals surface area contributed by atoms with Gasteiger partial charge in [0, 0.05) is 12.7 Å². The molecule has 186 valence electrons. The number of hydrogen-bond acceptors (Lipinski definition) is 5. The summed E-state index contributed by atoms with van der Waals surface area (Å²) in [6.45, 7) is 9.52. The molecule has 4 rings (SSSR count). The quantitative estimate of drug-likeness (QED) is 0.565. The number of aliphatic hydroxyl groups is 1. The van der Waals surface area contributed by atoms with E-state index in [0.717, 1.165) is 11.1 Å². The van der Waals surface area contributed by atoms with Crippen molar-refractivity contribution >= 4 is 23.4 Å². The second kappa shape index (κ2) is 8.64. The molecule has 3 heterocycles. The molecule has 3 aliphatic rings. The first-order chi connectivity index (χ1) is 16.0. The number of carbonyl (C=O) groups is 3. The molecule has 6 atom stereocenters. The van der Waals surface area contributed by atoms with Gasteiger partial charge in [-0.2, -0.15) is 0 Å². The van der Waals surface area contributed by atoms with Crippen LogP contribution in [0.2, 0.25) is 0 Å². The van der Waals surface area contributed by atoms with E-state index < -0.39 is 35.1 Å². The van der Waals surface area contributed by atoms with Gasteiger partial charge < -0.3 is 25.4 Å². The molecule has 3 N–H and O–H groups in total. The predicted octanol–water partition coefficient (Wildman–Crippen LogP) is 2.16. The minimum absolute atomic E-state index is 0.204. The number of fused-ring (bicyclic) bond motifs is 1. The summed E-state index contributed by atoms with van der Waals surface area (Å²) in [5, 5.41) is 16.0. The Hall–Kier alpha value is -2.45. The van der Waals surface area contributed by atoms with Crippen LogP contribution in [0.1, 0.15) is 51.2 Å². The van der Waals surface area contributed by atoms with E-state index in [1.807, 2.05) is 52.8 Å². The van der Waals surface area contributed by atoms with Crippen LogP contribution in [0.5, 0.6) is 0 Å². The summed E-state index contributed by atoms with van der Waals surface area (Å²) in [5.41, 5.74) is 0.696. The van der Waals surface area contributed by atoms with E-state index in [1.165, 1.54) is 4.90 Å². The molecule has 3 amide bonds. The van der Waals surface area contributed by atoms with E-state index in [4.69, 9.17) is 4.74 Å². The number of carbonyl (C=O) groups excluding carboxylic acids is 3. The maximum Gasteiger partial charge on any atom is 0.250 e. The predicted molar refractivity (Wildman–Crippen MR) is 128 cm³/mol. The summed E-state index contributed by atoms with van der Waals surface area (Å²) in [4.78, 5) is 42.4. The van der Waals surface area contributed by atoms with Gasteiger partial charge in [-0.3, -0.25) is 14.4 Å². The maximum atomic E-state index is 14.0. The fourth-order valence-corrected chi connectivity index (χ4v) is 6.50. The Balaban J connectivity index is 1.80. The molecular weight excluding hydrogens is 434 g/mol. The van der Waals surface area contributed by atoms with Gasteiger partial charge in [-0.25, -0.2) is 0 Å². The van der Waals surface area contributed by atoms with Crippen LogP contribution in [0.4, 0.5) is 5.69 Å². The zero-order valence-corrected chi connectivity index (χ0v) is 21.0. The number of ether oxygens (including phenoxy) is 1. The molecule has 3 aliphatic heterocycles. The van der Waals surface area contributed by atoms with Crippen LogP contribution < -0.4 is 10.6 Å².